The van der Waals surface area contributed by atoms with Crippen LogP contribution in [0.4, 0.5) is 5.69 Å². The number of nitrogens with one attached hydrogen (secondary N) is 1. The zero-order chi connectivity index (χ0) is 19.6. The number of methoxy groups -OCH3 is 1. The van der Waals surface area contributed by atoms with Crippen LogP contribution in [0, 0.1) is 0 Å². The van der Waals surface area contributed by atoms with Crippen LogP contribution in [0.1, 0.15) is 12.5 Å². The normalized spacial score (nSPS) is 15.3. The fourth-order valence-corrected chi connectivity index (χ4v) is 3.30. The third-order valence-corrected chi connectivity index (χ3v) is 4.67. The van der Waals surface area contributed by atoms with Crippen LogP contribution in [0.2, 0.25) is 5.02 Å². The zero-order valence-electron chi connectivity index (χ0n) is 14.6. The second-order valence-electron chi connectivity index (χ2n) is 5.58. The Morgan fingerprint density at radius 3 is 2.56 bits per heavy atom. The van der Waals surface area contributed by atoms with E-state index in [9.17, 15) is 9.59 Å². The lowest BCUT2D eigenvalue weighted by Gasteiger charge is -2.14. The summed E-state index contributed by atoms with van der Waals surface area (Å²) in [5.74, 6) is 0.121. The number of rotatable bonds is 5. The number of carbonyl (C=O) groups is 2. The van der Waals surface area contributed by atoms with Gasteiger partial charge in [-0.25, -0.2) is 5.01 Å². The second kappa shape index (κ2) is 8.02. The molecule has 6 nitrogen and oxygen atoms in total. The SMILES string of the molecule is CCOc1c(Br)cc(C=C2C(=O)NN(c3ccc(Cl)cc3)C2=O)cc1OC. The summed E-state index contributed by atoms with van der Waals surface area (Å²) < 4.78 is 11.6. The highest BCUT2D eigenvalue weighted by Gasteiger charge is 2.34. The van der Waals surface area contributed by atoms with Gasteiger partial charge in [0.05, 0.1) is 23.9 Å². The van der Waals surface area contributed by atoms with Gasteiger partial charge in [0.2, 0.25) is 0 Å². The Hall–Kier alpha value is -2.51. The lowest BCUT2D eigenvalue weighted by molar-refractivity contribution is -0.117. The lowest BCUT2D eigenvalue weighted by Crippen LogP contribution is -2.35. The van der Waals surface area contributed by atoms with E-state index in [0.717, 1.165) is 0 Å². The predicted molar refractivity (Wildman–Crippen MR) is 107 cm³/mol. The van der Waals surface area contributed by atoms with Crippen molar-refractivity contribution >= 4 is 51.1 Å². The first kappa shape index (κ1) is 19.3. The van der Waals surface area contributed by atoms with Crippen molar-refractivity contribution in [2.75, 3.05) is 18.7 Å². The van der Waals surface area contributed by atoms with Gasteiger partial charge < -0.3 is 9.47 Å². The molecule has 3 rings (SSSR count). The maximum Gasteiger partial charge on any atom is 0.282 e. The molecule has 1 saturated heterocycles. The third-order valence-electron chi connectivity index (χ3n) is 3.83. The summed E-state index contributed by atoms with van der Waals surface area (Å²) in [6.45, 7) is 2.35. The van der Waals surface area contributed by atoms with Crippen LogP contribution in [0.25, 0.3) is 6.08 Å². The minimum Gasteiger partial charge on any atom is -0.493 e. The summed E-state index contributed by atoms with van der Waals surface area (Å²) in [5.41, 5.74) is 3.71. The van der Waals surface area contributed by atoms with E-state index in [-0.39, 0.29) is 5.57 Å². The molecule has 1 aliphatic rings. The summed E-state index contributed by atoms with van der Waals surface area (Å²) in [5, 5.41) is 1.73. The Kier molecular flexibility index (Phi) is 5.72. The highest BCUT2D eigenvalue weighted by Crippen LogP contribution is 2.37. The van der Waals surface area contributed by atoms with Gasteiger partial charge in [0, 0.05) is 5.02 Å². The van der Waals surface area contributed by atoms with Gasteiger partial charge in [-0.2, -0.15) is 0 Å². The van der Waals surface area contributed by atoms with Gasteiger partial charge >= 0.3 is 0 Å². The number of benzene rings is 2. The molecule has 0 unspecified atom stereocenters. The number of hydrogen-bond acceptors (Lipinski definition) is 4. The van der Waals surface area contributed by atoms with Crippen LogP contribution < -0.4 is 19.9 Å². The second-order valence-corrected chi connectivity index (χ2v) is 6.87. The van der Waals surface area contributed by atoms with E-state index in [1.807, 2.05) is 6.92 Å². The summed E-state index contributed by atoms with van der Waals surface area (Å²) in [7, 11) is 1.52. The molecule has 0 aliphatic carbocycles. The number of carbonyl (C=O) groups excluding carboxylic acids is 2. The molecule has 1 fully saturated rings. The maximum absolute atomic E-state index is 12.7. The number of hydrogen-bond donors (Lipinski definition) is 1. The first-order valence-corrected chi connectivity index (χ1v) is 9.24. The molecule has 0 atom stereocenters. The maximum atomic E-state index is 12.7. The number of amides is 2. The molecule has 1 N–H and O–H groups in total. The molecule has 2 aromatic carbocycles. The fraction of sp³-hybridized carbons (Fsp3) is 0.158. The Balaban J connectivity index is 1.95. The Morgan fingerprint density at radius 1 is 1.22 bits per heavy atom. The average Bonchev–Trinajstić information content (AvgIpc) is 2.92. The van der Waals surface area contributed by atoms with Gasteiger partial charge in [0.25, 0.3) is 11.8 Å². The molecule has 1 aliphatic heterocycles. The third kappa shape index (κ3) is 3.94. The predicted octanol–water partition coefficient (Wildman–Crippen LogP) is 3.97. The summed E-state index contributed by atoms with van der Waals surface area (Å²) in [4.78, 5) is 25.0. The number of nitrogens with zero attached hydrogens (tertiary/aromatic N) is 1. The largest absolute Gasteiger partial charge is 0.493 e. The van der Waals surface area contributed by atoms with E-state index in [0.29, 0.717) is 38.9 Å². The molecule has 2 aromatic rings. The van der Waals surface area contributed by atoms with Gasteiger partial charge in [0.15, 0.2) is 11.5 Å². The molecule has 8 heteroatoms. The van der Waals surface area contributed by atoms with Crippen LogP contribution in [-0.2, 0) is 9.59 Å². The fourth-order valence-electron chi connectivity index (χ4n) is 2.60. The van der Waals surface area contributed by atoms with Crippen LogP contribution in [-0.4, -0.2) is 25.5 Å². The van der Waals surface area contributed by atoms with E-state index in [4.69, 9.17) is 21.1 Å². The smallest absolute Gasteiger partial charge is 0.282 e. The summed E-state index contributed by atoms with van der Waals surface area (Å²) in [6.07, 6.45) is 1.51. The number of anilines is 1. The van der Waals surface area contributed by atoms with E-state index >= 15 is 0 Å². The lowest BCUT2D eigenvalue weighted by atomic mass is 10.1. The molecule has 140 valence electrons. The van der Waals surface area contributed by atoms with Gasteiger partial charge in [-0.15, -0.1) is 0 Å². The van der Waals surface area contributed by atoms with Gasteiger partial charge in [-0.05, 0) is 70.9 Å². The van der Waals surface area contributed by atoms with Crippen LogP contribution in [0.5, 0.6) is 11.5 Å². The molecule has 0 spiro atoms. The van der Waals surface area contributed by atoms with Gasteiger partial charge in [0.1, 0.15) is 5.57 Å². The van der Waals surface area contributed by atoms with Crippen LogP contribution >= 0.6 is 27.5 Å². The van der Waals surface area contributed by atoms with E-state index in [1.165, 1.54) is 18.2 Å². The minimum atomic E-state index is -0.487. The van der Waals surface area contributed by atoms with E-state index < -0.39 is 11.8 Å². The Labute approximate surface area is 169 Å². The molecule has 0 saturated carbocycles. The molecular formula is C19H16BrClN2O4. The van der Waals surface area contributed by atoms with Crippen molar-refractivity contribution in [2.45, 2.75) is 6.92 Å². The van der Waals surface area contributed by atoms with Crippen molar-refractivity contribution in [3.05, 3.63) is 57.0 Å². The standard InChI is InChI=1S/C19H16BrClN2O4/c1-3-27-17-15(20)9-11(10-16(17)26-2)8-14-18(24)22-23(19(14)25)13-6-4-12(21)5-7-13/h4-10H,3H2,1-2H3,(H,22,24). The average molecular weight is 452 g/mol. The quantitative estimate of drug-likeness (QED) is 0.552. The molecule has 0 bridgehead atoms. The molecule has 0 aromatic heterocycles. The Morgan fingerprint density at radius 2 is 1.93 bits per heavy atom. The molecular weight excluding hydrogens is 436 g/mol. The van der Waals surface area contributed by atoms with E-state index in [2.05, 4.69) is 21.4 Å². The molecule has 2 amide bonds. The zero-order valence-corrected chi connectivity index (χ0v) is 16.9. The number of ether oxygens (including phenoxy) is 2. The first-order chi connectivity index (χ1) is 12.9. The monoisotopic (exact) mass is 450 g/mol. The van der Waals surface area contributed by atoms with Crippen molar-refractivity contribution < 1.29 is 19.1 Å². The van der Waals surface area contributed by atoms with Gasteiger partial charge in [-0.1, -0.05) is 11.6 Å². The summed E-state index contributed by atoms with van der Waals surface area (Å²) in [6, 6.07) is 10.1. The molecule has 27 heavy (non-hydrogen) atoms. The van der Waals surface area contributed by atoms with Crippen molar-refractivity contribution in [1.82, 2.24) is 5.43 Å². The van der Waals surface area contributed by atoms with E-state index in [1.54, 1.807) is 36.4 Å². The molecule has 0 radical (unpaired) electrons. The van der Waals surface area contributed by atoms with Crippen molar-refractivity contribution in [3.63, 3.8) is 0 Å². The highest BCUT2D eigenvalue weighted by molar-refractivity contribution is 9.10. The number of halogens is 2. The van der Waals surface area contributed by atoms with Crippen molar-refractivity contribution in [2.24, 2.45) is 0 Å². The highest BCUT2D eigenvalue weighted by atomic mass is 79.9. The van der Waals surface area contributed by atoms with Gasteiger partial charge in [-0.3, -0.25) is 15.0 Å². The van der Waals surface area contributed by atoms with Crippen molar-refractivity contribution in [1.29, 1.82) is 0 Å². The van der Waals surface area contributed by atoms with Crippen molar-refractivity contribution in [3.8, 4) is 11.5 Å². The first-order valence-electron chi connectivity index (χ1n) is 8.07. The minimum absolute atomic E-state index is 0.0167. The van der Waals surface area contributed by atoms with Crippen LogP contribution in [0.15, 0.2) is 46.4 Å². The Bertz CT molecular complexity index is 928. The number of hydrazine groups is 1. The van der Waals surface area contributed by atoms with Crippen LogP contribution in [0.3, 0.4) is 0 Å². The summed E-state index contributed by atoms with van der Waals surface area (Å²) >= 11 is 9.30. The molecule has 1 heterocycles. The topological polar surface area (TPSA) is 67.9 Å².